The lowest BCUT2D eigenvalue weighted by Gasteiger charge is -2.13. The summed E-state index contributed by atoms with van der Waals surface area (Å²) < 4.78 is 26.9. The Balaban J connectivity index is 2.54. The van der Waals surface area contributed by atoms with Crippen LogP contribution < -0.4 is 11.3 Å². The largest absolute Gasteiger partial charge is 0.453 e. The van der Waals surface area contributed by atoms with Gasteiger partial charge in [-0.25, -0.2) is 8.42 Å². The highest BCUT2D eigenvalue weighted by atomic mass is 35.5. The van der Waals surface area contributed by atoms with E-state index in [1.807, 2.05) is 0 Å². The molecule has 0 radical (unpaired) electrons. The van der Waals surface area contributed by atoms with Gasteiger partial charge >= 0.3 is 0 Å². The van der Waals surface area contributed by atoms with Gasteiger partial charge in [-0.15, -0.1) is 0 Å². The van der Waals surface area contributed by atoms with Crippen molar-refractivity contribution >= 4 is 21.4 Å². The van der Waals surface area contributed by atoms with Gasteiger partial charge in [0.05, 0.1) is 12.3 Å². The summed E-state index contributed by atoms with van der Waals surface area (Å²) in [7, 11) is -2.93. The molecule has 0 saturated carbocycles. The summed E-state index contributed by atoms with van der Waals surface area (Å²) >= 11 is 5.80. The topological polar surface area (TPSA) is 85.3 Å². The maximum atomic E-state index is 11.0. The van der Waals surface area contributed by atoms with Gasteiger partial charge in [0.25, 0.3) is 0 Å². The first-order valence-electron chi connectivity index (χ1n) is 4.81. The van der Waals surface area contributed by atoms with Crippen molar-refractivity contribution in [1.82, 2.24) is 5.43 Å². The number of halogens is 1. The van der Waals surface area contributed by atoms with Crippen LogP contribution in [0, 0.1) is 0 Å². The molecule has 0 aliphatic carbocycles. The summed E-state index contributed by atoms with van der Waals surface area (Å²) in [5, 5.41) is 0.280. The SMILES string of the molecule is CS(=O)(=O)CCCC(NN)c1ccoc1Cl. The Morgan fingerprint density at radius 3 is 2.75 bits per heavy atom. The van der Waals surface area contributed by atoms with Crippen molar-refractivity contribution in [3.63, 3.8) is 0 Å². The molecular weight excluding hydrogens is 252 g/mol. The van der Waals surface area contributed by atoms with Crippen molar-refractivity contribution in [1.29, 1.82) is 0 Å². The van der Waals surface area contributed by atoms with Gasteiger partial charge in [0.2, 0.25) is 0 Å². The van der Waals surface area contributed by atoms with Crippen LogP contribution in [0.4, 0.5) is 0 Å². The smallest absolute Gasteiger partial charge is 0.197 e. The zero-order valence-electron chi connectivity index (χ0n) is 8.94. The summed E-state index contributed by atoms with van der Waals surface area (Å²) in [5.74, 6) is 5.52. The summed E-state index contributed by atoms with van der Waals surface area (Å²) in [6, 6.07) is 1.53. The van der Waals surface area contributed by atoms with Gasteiger partial charge < -0.3 is 4.42 Å². The zero-order chi connectivity index (χ0) is 12.2. The highest BCUT2D eigenvalue weighted by Crippen LogP contribution is 2.26. The molecule has 0 saturated heterocycles. The molecule has 92 valence electrons. The third-order valence-corrected chi connectivity index (χ3v) is 3.57. The first-order chi connectivity index (χ1) is 7.44. The van der Waals surface area contributed by atoms with Gasteiger partial charge in [0, 0.05) is 17.6 Å². The molecule has 0 aliphatic rings. The Bertz CT molecular complexity index is 430. The highest BCUT2D eigenvalue weighted by molar-refractivity contribution is 7.90. The van der Waals surface area contributed by atoms with E-state index in [1.54, 1.807) is 6.07 Å². The van der Waals surface area contributed by atoms with E-state index in [0.29, 0.717) is 12.8 Å². The Hall–Kier alpha value is -0.560. The second-order valence-corrected chi connectivity index (χ2v) is 6.24. The Morgan fingerprint density at radius 2 is 2.31 bits per heavy atom. The van der Waals surface area contributed by atoms with Crippen LogP contribution in [0.25, 0.3) is 0 Å². The van der Waals surface area contributed by atoms with Crippen LogP contribution >= 0.6 is 11.6 Å². The number of hydrogen-bond donors (Lipinski definition) is 2. The number of rotatable bonds is 6. The van der Waals surface area contributed by atoms with Crippen LogP contribution in [0.1, 0.15) is 24.4 Å². The molecular formula is C9H15ClN2O3S. The lowest BCUT2D eigenvalue weighted by Crippen LogP contribution is -2.28. The number of nitrogens with one attached hydrogen (secondary N) is 1. The summed E-state index contributed by atoms with van der Waals surface area (Å²) in [6.07, 6.45) is 3.79. The molecule has 1 atom stereocenters. The van der Waals surface area contributed by atoms with Crippen molar-refractivity contribution < 1.29 is 12.8 Å². The van der Waals surface area contributed by atoms with E-state index in [4.69, 9.17) is 21.9 Å². The van der Waals surface area contributed by atoms with E-state index in [0.717, 1.165) is 5.56 Å². The fourth-order valence-electron chi connectivity index (χ4n) is 1.43. The minimum Gasteiger partial charge on any atom is -0.453 e. The van der Waals surface area contributed by atoms with E-state index >= 15 is 0 Å². The Kier molecular flexibility index (Phi) is 4.79. The highest BCUT2D eigenvalue weighted by Gasteiger charge is 2.16. The molecule has 0 aliphatic heterocycles. The molecule has 0 bridgehead atoms. The molecule has 0 spiro atoms. The lowest BCUT2D eigenvalue weighted by molar-refractivity contribution is 0.496. The molecule has 0 aromatic carbocycles. The Morgan fingerprint density at radius 1 is 1.62 bits per heavy atom. The third-order valence-electron chi connectivity index (χ3n) is 2.23. The fraction of sp³-hybridized carbons (Fsp3) is 0.556. The van der Waals surface area contributed by atoms with Crippen molar-refractivity contribution in [3.8, 4) is 0 Å². The molecule has 1 heterocycles. The minimum absolute atomic E-state index is 0.140. The van der Waals surface area contributed by atoms with Crippen LogP contribution in [0.3, 0.4) is 0 Å². The molecule has 16 heavy (non-hydrogen) atoms. The van der Waals surface area contributed by atoms with Crippen molar-refractivity contribution in [2.75, 3.05) is 12.0 Å². The van der Waals surface area contributed by atoms with Crippen LogP contribution in [0.2, 0.25) is 5.22 Å². The monoisotopic (exact) mass is 266 g/mol. The standard InChI is InChI=1S/C9H15ClN2O3S/c1-16(13,14)6-2-3-8(12-11)7-4-5-15-9(7)10/h4-5,8,12H,2-3,6,11H2,1H3. The average Bonchev–Trinajstić information content (AvgIpc) is 2.58. The molecule has 3 N–H and O–H groups in total. The van der Waals surface area contributed by atoms with Gasteiger partial charge in [0.1, 0.15) is 9.84 Å². The summed E-state index contributed by atoms with van der Waals surface area (Å²) in [5.41, 5.74) is 3.34. The maximum absolute atomic E-state index is 11.0. The fourth-order valence-corrected chi connectivity index (χ4v) is 2.37. The van der Waals surface area contributed by atoms with Crippen molar-refractivity contribution in [2.45, 2.75) is 18.9 Å². The van der Waals surface area contributed by atoms with Gasteiger partial charge in [-0.3, -0.25) is 11.3 Å². The lowest BCUT2D eigenvalue weighted by atomic mass is 10.1. The number of hydrazine groups is 1. The second-order valence-electron chi connectivity index (χ2n) is 3.64. The van der Waals surface area contributed by atoms with Gasteiger partial charge in [0.15, 0.2) is 5.22 Å². The summed E-state index contributed by atoms with van der Waals surface area (Å²) in [4.78, 5) is 0. The van der Waals surface area contributed by atoms with Gasteiger partial charge in [-0.1, -0.05) is 0 Å². The van der Waals surface area contributed by atoms with Gasteiger partial charge in [-0.2, -0.15) is 0 Å². The summed E-state index contributed by atoms with van der Waals surface area (Å²) in [6.45, 7) is 0. The molecule has 7 heteroatoms. The number of furan rings is 1. The van der Waals surface area contributed by atoms with Crippen LogP contribution in [-0.4, -0.2) is 20.4 Å². The molecule has 1 aromatic heterocycles. The number of sulfone groups is 1. The molecule has 1 aromatic rings. The Labute approximate surface area is 99.8 Å². The van der Waals surface area contributed by atoms with Gasteiger partial charge in [-0.05, 0) is 30.5 Å². The third kappa shape index (κ3) is 4.13. The van der Waals surface area contributed by atoms with E-state index in [1.165, 1.54) is 12.5 Å². The normalized spacial score (nSPS) is 13.9. The second kappa shape index (κ2) is 5.67. The maximum Gasteiger partial charge on any atom is 0.197 e. The molecule has 1 rings (SSSR count). The van der Waals surface area contributed by atoms with Crippen molar-refractivity contribution in [2.24, 2.45) is 5.84 Å². The van der Waals surface area contributed by atoms with Crippen LogP contribution in [0.15, 0.2) is 16.7 Å². The molecule has 1 unspecified atom stereocenters. The minimum atomic E-state index is -2.93. The predicted octanol–water partition coefficient (Wildman–Crippen LogP) is 1.26. The van der Waals surface area contributed by atoms with E-state index in [-0.39, 0.29) is 17.0 Å². The van der Waals surface area contributed by atoms with E-state index < -0.39 is 9.84 Å². The quantitative estimate of drug-likeness (QED) is 0.598. The average molecular weight is 267 g/mol. The van der Waals surface area contributed by atoms with E-state index in [2.05, 4.69) is 5.43 Å². The predicted molar refractivity (Wildman–Crippen MR) is 62.7 cm³/mol. The number of nitrogens with two attached hydrogens (primary N) is 1. The zero-order valence-corrected chi connectivity index (χ0v) is 10.5. The first-order valence-corrected chi connectivity index (χ1v) is 7.24. The molecule has 0 amide bonds. The molecule has 5 nitrogen and oxygen atoms in total. The number of hydrogen-bond acceptors (Lipinski definition) is 5. The van der Waals surface area contributed by atoms with Crippen molar-refractivity contribution in [3.05, 3.63) is 23.1 Å². The van der Waals surface area contributed by atoms with Crippen LogP contribution in [-0.2, 0) is 9.84 Å². The van der Waals surface area contributed by atoms with Crippen LogP contribution in [0.5, 0.6) is 0 Å². The van der Waals surface area contributed by atoms with E-state index in [9.17, 15) is 8.42 Å². The molecule has 0 fully saturated rings. The first kappa shape index (κ1) is 13.5.